The molecule has 6 heteroatoms. The van der Waals surface area contributed by atoms with Crippen LogP contribution in [0.2, 0.25) is 0 Å². The van der Waals surface area contributed by atoms with Crippen molar-refractivity contribution in [2.24, 2.45) is 0 Å². The van der Waals surface area contributed by atoms with Crippen LogP contribution in [0.15, 0.2) is 53.4 Å². The van der Waals surface area contributed by atoms with Crippen molar-refractivity contribution < 1.29 is 9.59 Å². The largest absolute Gasteiger partial charge is 0.338 e. The zero-order chi connectivity index (χ0) is 20.6. The Bertz CT molecular complexity index is 922. The first-order valence-corrected chi connectivity index (χ1v) is 10.8. The van der Waals surface area contributed by atoms with E-state index in [0.717, 1.165) is 30.2 Å². The molecular formula is C23H27N3O2S. The molecule has 1 atom stereocenters. The number of para-hydroxylation sites is 1. The van der Waals surface area contributed by atoms with Crippen molar-refractivity contribution in [3.63, 3.8) is 0 Å². The Morgan fingerprint density at radius 1 is 1.03 bits per heavy atom. The second kappa shape index (κ2) is 7.84. The fraction of sp³-hybridized carbons (Fsp3) is 0.391. The number of thioether (sulfide) groups is 1. The number of rotatable bonds is 3. The lowest BCUT2D eigenvalue weighted by Gasteiger charge is -2.42. The van der Waals surface area contributed by atoms with Gasteiger partial charge in [0.25, 0.3) is 5.91 Å². The van der Waals surface area contributed by atoms with E-state index in [2.05, 4.69) is 36.1 Å². The zero-order valence-corrected chi connectivity index (χ0v) is 18.0. The molecule has 152 valence electrons. The van der Waals surface area contributed by atoms with Gasteiger partial charge in [0.1, 0.15) is 0 Å². The topological polar surface area (TPSA) is 43.9 Å². The van der Waals surface area contributed by atoms with Crippen molar-refractivity contribution in [3.8, 4) is 0 Å². The van der Waals surface area contributed by atoms with Crippen LogP contribution in [0.5, 0.6) is 0 Å². The van der Waals surface area contributed by atoms with E-state index in [1.165, 1.54) is 22.9 Å². The summed E-state index contributed by atoms with van der Waals surface area (Å²) >= 11 is 1.38. The summed E-state index contributed by atoms with van der Waals surface area (Å²) < 4.78 is -1.11. The number of hydrogen-bond donors (Lipinski definition) is 0. The number of fused-ring (bicyclic) bond motifs is 1. The smallest absolute Gasteiger partial charge is 0.252 e. The van der Waals surface area contributed by atoms with Gasteiger partial charge in [0.2, 0.25) is 5.91 Å². The predicted octanol–water partition coefficient (Wildman–Crippen LogP) is 3.17. The second-order valence-electron chi connectivity index (χ2n) is 8.02. The monoisotopic (exact) mass is 409 g/mol. The third kappa shape index (κ3) is 3.79. The van der Waals surface area contributed by atoms with Gasteiger partial charge in [0, 0.05) is 44.7 Å². The molecule has 2 amide bonds. The van der Waals surface area contributed by atoms with Crippen molar-refractivity contribution in [2.45, 2.75) is 30.0 Å². The maximum atomic E-state index is 13.4. The van der Waals surface area contributed by atoms with E-state index in [-0.39, 0.29) is 11.8 Å². The van der Waals surface area contributed by atoms with Gasteiger partial charge in [-0.05, 0) is 31.5 Å². The molecule has 0 spiro atoms. The molecule has 2 heterocycles. The second-order valence-corrected chi connectivity index (χ2v) is 9.48. The molecule has 1 fully saturated rings. The minimum Gasteiger partial charge on any atom is -0.338 e. The maximum Gasteiger partial charge on any atom is 0.252 e. The first kappa shape index (κ1) is 20.0. The molecule has 0 aromatic heterocycles. The lowest BCUT2D eigenvalue weighted by Crippen LogP contribution is -2.59. The highest BCUT2D eigenvalue weighted by molar-refractivity contribution is 8.02. The Hall–Kier alpha value is -2.31. The van der Waals surface area contributed by atoms with Gasteiger partial charge in [-0.1, -0.05) is 53.7 Å². The first-order valence-electron chi connectivity index (χ1n) is 10.0. The van der Waals surface area contributed by atoms with Crippen LogP contribution in [0.25, 0.3) is 0 Å². The van der Waals surface area contributed by atoms with Crippen LogP contribution in [0, 0.1) is 6.92 Å². The number of benzene rings is 2. The molecule has 0 saturated carbocycles. The molecule has 1 unspecified atom stereocenters. The molecule has 0 bridgehead atoms. The van der Waals surface area contributed by atoms with Crippen LogP contribution in [0.3, 0.4) is 0 Å². The summed E-state index contributed by atoms with van der Waals surface area (Å²) in [5.41, 5.74) is 3.42. The van der Waals surface area contributed by atoms with E-state index in [4.69, 9.17) is 0 Å². The van der Waals surface area contributed by atoms with Crippen LogP contribution in [0.4, 0.5) is 5.69 Å². The summed E-state index contributed by atoms with van der Waals surface area (Å²) in [5.74, 6) is -0.225. The van der Waals surface area contributed by atoms with E-state index in [9.17, 15) is 9.59 Å². The summed E-state index contributed by atoms with van der Waals surface area (Å²) in [6, 6.07) is 16.4. The molecule has 0 aliphatic carbocycles. The van der Waals surface area contributed by atoms with Gasteiger partial charge in [-0.25, -0.2) is 0 Å². The van der Waals surface area contributed by atoms with Gasteiger partial charge in [-0.15, -0.1) is 0 Å². The Morgan fingerprint density at radius 3 is 2.38 bits per heavy atom. The Morgan fingerprint density at radius 2 is 1.69 bits per heavy atom. The normalized spacial score (nSPS) is 22.5. The Balaban J connectivity index is 1.43. The van der Waals surface area contributed by atoms with Gasteiger partial charge in [-0.2, -0.15) is 0 Å². The third-order valence-corrected chi connectivity index (χ3v) is 7.17. The highest BCUT2D eigenvalue weighted by Gasteiger charge is 2.50. The van der Waals surface area contributed by atoms with Gasteiger partial charge >= 0.3 is 0 Å². The number of nitrogens with zero attached hydrogens (tertiary/aromatic N) is 3. The van der Waals surface area contributed by atoms with E-state index >= 15 is 0 Å². The Kier molecular flexibility index (Phi) is 5.40. The van der Waals surface area contributed by atoms with Crippen LogP contribution in [-0.2, 0) is 16.1 Å². The zero-order valence-electron chi connectivity index (χ0n) is 17.2. The lowest BCUT2D eigenvalue weighted by molar-refractivity contribution is -0.139. The molecule has 5 nitrogen and oxygen atoms in total. The maximum absolute atomic E-state index is 13.4. The molecule has 2 aliphatic rings. The molecule has 0 N–H and O–H groups in total. The average Bonchev–Trinajstić information content (AvgIpc) is 2.74. The third-order valence-electron chi connectivity index (χ3n) is 5.85. The van der Waals surface area contributed by atoms with E-state index in [1.807, 2.05) is 29.2 Å². The summed E-state index contributed by atoms with van der Waals surface area (Å²) in [6.45, 7) is 7.70. The summed E-state index contributed by atoms with van der Waals surface area (Å²) in [5, 5.41) is 0. The van der Waals surface area contributed by atoms with E-state index < -0.39 is 4.75 Å². The lowest BCUT2D eigenvalue weighted by atomic mass is 10.1. The highest BCUT2D eigenvalue weighted by atomic mass is 32.2. The molecule has 2 aliphatic heterocycles. The van der Waals surface area contributed by atoms with Gasteiger partial charge in [-0.3, -0.25) is 14.5 Å². The molecule has 2 aromatic carbocycles. The van der Waals surface area contributed by atoms with E-state index in [0.29, 0.717) is 13.1 Å². The number of aryl methyl sites for hydroxylation is 1. The van der Waals surface area contributed by atoms with Crippen molar-refractivity contribution in [3.05, 3.63) is 59.7 Å². The molecule has 1 saturated heterocycles. The van der Waals surface area contributed by atoms with Crippen LogP contribution >= 0.6 is 11.8 Å². The number of anilines is 1. The summed E-state index contributed by atoms with van der Waals surface area (Å²) in [7, 11) is 1.76. The van der Waals surface area contributed by atoms with Gasteiger partial charge in [0.05, 0.1) is 5.69 Å². The standard InChI is InChI=1S/C23H27N3O2S/c1-17-8-10-18(11-9-17)16-25-12-14-26(15-13-25)22(28)23(2)21(27)24(3)19-6-4-5-7-20(19)29-23/h4-11H,12-16H2,1-3H3. The molecule has 0 radical (unpaired) electrons. The van der Waals surface area contributed by atoms with Crippen LogP contribution in [0.1, 0.15) is 18.1 Å². The predicted molar refractivity (Wildman–Crippen MR) is 117 cm³/mol. The van der Waals surface area contributed by atoms with E-state index in [1.54, 1.807) is 18.9 Å². The number of carbonyl (C=O) groups is 2. The van der Waals surface area contributed by atoms with Gasteiger partial charge in [0.15, 0.2) is 4.75 Å². The number of hydrogen-bond acceptors (Lipinski definition) is 4. The SMILES string of the molecule is Cc1ccc(CN2CCN(C(=O)C3(C)Sc4ccccc4N(C)C3=O)CC2)cc1. The number of carbonyl (C=O) groups excluding carboxylic acids is 2. The quantitative estimate of drug-likeness (QED) is 0.731. The number of amides is 2. The molecule has 29 heavy (non-hydrogen) atoms. The van der Waals surface area contributed by atoms with Crippen molar-refractivity contribution in [1.29, 1.82) is 0 Å². The van der Waals surface area contributed by atoms with Crippen molar-refractivity contribution in [2.75, 3.05) is 38.1 Å². The molecule has 2 aromatic rings. The van der Waals surface area contributed by atoms with Crippen molar-refractivity contribution in [1.82, 2.24) is 9.80 Å². The van der Waals surface area contributed by atoms with Crippen LogP contribution in [-0.4, -0.2) is 59.6 Å². The summed E-state index contributed by atoms with van der Waals surface area (Å²) in [4.78, 5) is 33.3. The average molecular weight is 410 g/mol. The Labute approximate surface area is 176 Å². The number of piperazine rings is 1. The molecule has 4 rings (SSSR count). The minimum absolute atomic E-state index is 0.0798. The van der Waals surface area contributed by atoms with Crippen LogP contribution < -0.4 is 4.90 Å². The minimum atomic E-state index is -1.11. The summed E-state index contributed by atoms with van der Waals surface area (Å²) in [6.07, 6.45) is 0. The molecular weight excluding hydrogens is 382 g/mol. The van der Waals surface area contributed by atoms with Gasteiger partial charge < -0.3 is 9.80 Å². The van der Waals surface area contributed by atoms with Crippen molar-refractivity contribution >= 4 is 29.3 Å². The first-order chi connectivity index (χ1) is 13.9. The fourth-order valence-electron chi connectivity index (χ4n) is 4.01. The fourth-order valence-corrected chi connectivity index (χ4v) is 5.35. The highest BCUT2D eigenvalue weighted by Crippen LogP contribution is 2.45.